The van der Waals surface area contributed by atoms with E-state index >= 15 is 0 Å². The van der Waals surface area contributed by atoms with E-state index in [1.54, 1.807) is 16.8 Å². The van der Waals surface area contributed by atoms with Crippen LogP contribution in [0.3, 0.4) is 0 Å². The van der Waals surface area contributed by atoms with Gasteiger partial charge in [0.05, 0.1) is 18.2 Å². The van der Waals surface area contributed by atoms with Crippen molar-refractivity contribution in [2.24, 2.45) is 5.41 Å². The number of fused-ring (bicyclic) bond motifs is 1. The van der Waals surface area contributed by atoms with Gasteiger partial charge in [0.25, 0.3) is 5.91 Å². The highest BCUT2D eigenvalue weighted by Gasteiger charge is 2.36. The van der Waals surface area contributed by atoms with E-state index in [1.165, 1.54) is 12.1 Å². The van der Waals surface area contributed by atoms with E-state index in [0.29, 0.717) is 24.8 Å². The lowest BCUT2D eigenvalue weighted by atomic mass is 9.85. The molecule has 7 nitrogen and oxygen atoms in total. The lowest BCUT2D eigenvalue weighted by molar-refractivity contribution is -0.126. The molecule has 1 aliphatic carbocycles. The molecule has 180 valence electrons. The molecular weight excluding hydrogens is 435 g/mol. The molecular formula is C26H31FN4O3. The first-order valence-corrected chi connectivity index (χ1v) is 11.6. The summed E-state index contributed by atoms with van der Waals surface area (Å²) in [5.74, 6) is -1.02. The summed E-state index contributed by atoms with van der Waals surface area (Å²) in [7, 11) is 0. The molecule has 3 N–H and O–H groups in total. The maximum atomic E-state index is 13.4. The van der Waals surface area contributed by atoms with E-state index in [9.17, 15) is 19.1 Å². The lowest BCUT2D eigenvalue weighted by Crippen LogP contribution is -2.55. The Morgan fingerprint density at radius 2 is 1.85 bits per heavy atom. The standard InChI is InChI=1S/C26H31FN4O3/c1-26(2,3)23(25(34)28-18-12-13-19(32)14-18)29-24(33)22-20-6-4-5-7-21(20)31(30-22)15-16-8-10-17(27)11-9-16/h4-11,18-19,23,32H,12-15H2,1-3H3,(H,28,34)(H,29,33)/t18-,19-,23-/m1/s1. The molecule has 0 aliphatic heterocycles. The SMILES string of the molecule is CC(C)(C)[C@H](NC(=O)c1nn(Cc2ccc(F)cc2)c2ccccc12)C(=O)N[C@@H]1CC[C@@H](O)C1. The first kappa shape index (κ1) is 23.9. The zero-order chi connectivity index (χ0) is 24.5. The van der Waals surface area contributed by atoms with Gasteiger partial charge in [0.2, 0.25) is 5.91 Å². The van der Waals surface area contributed by atoms with Crippen molar-refractivity contribution >= 4 is 22.7 Å². The van der Waals surface area contributed by atoms with Crippen LogP contribution in [0, 0.1) is 11.2 Å². The minimum Gasteiger partial charge on any atom is -0.393 e. The van der Waals surface area contributed by atoms with Crippen molar-refractivity contribution in [1.82, 2.24) is 20.4 Å². The van der Waals surface area contributed by atoms with Gasteiger partial charge in [0.15, 0.2) is 5.69 Å². The summed E-state index contributed by atoms with van der Waals surface area (Å²) in [5.41, 5.74) is 1.32. The Balaban J connectivity index is 1.58. The number of benzene rings is 2. The maximum absolute atomic E-state index is 13.4. The molecule has 8 heteroatoms. The Morgan fingerprint density at radius 1 is 1.15 bits per heavy atom. The molecule has 2 aromatic carbocycles. The number of aliphatic hydroxyl groups is 1. The smallest absolute Gasteiger partial charge is 0.273 e. The second kappa shape index (κ2) is 9.54. The molecule has 1 aliphatic rings. The maximum Gasteiger partial charge on any atom is 0.273 e. The Labute approximate surface area is 198 Å². The Bertz CT molecular complexity index is 1180. The van der Waals surface area contributed by atoms with Crippen molar-refractivity contribution in [2.75, 3.05) is 0 Å². The van der Waals surface area contributed by atoms with Crippen LogP contribution in [0.5, 0.6) is 0 Å². The topological polar surface area (TPSA) is 96.2 Å². The number of nitrogens with zero attached hydrogens (tertiary/aromatic N) is 2. The largest absolute Gasteiger partial charge is 0.393 e. The van der Waals surface area contributed by atoms with Gasteiger partial charge in [-0.1, -0.05) is 51.1 Å². The van der Waals surface area contributed by atoms with Crippen molar-refractivity contribution in [3.05, 3.63) is 65.6 Å². The molecule has 1 aromatic heterocycles. The number of amides is 2. The zero-order valence-electron chi connectivity index (χ0n) is 19.7. The van der Waals surface area contributed by atoms with Crippen LogP contribution in [0.4, 0.5) is 4.39 Å². The number of aromatic nitrogens is 2. The van der Waals surface area contributed by atoms with Gasteiger partial charge < -0.3 is 15.7 Å². The molecule has 3 aromatic rings. The molecule has 34 heavy (non-hydrogen) atoms. The molecule has 0 radical (unpaired) electrons. The number of hydrogen-bond acceptors (Lipinski definition) is 4. The number of nitrogens with one attached hydrogen (secondary N) is 2. The average Bonchev–Trinajstić information content (AvgIpc) is 3.36. The van der Waals surface area contributed by atoms with Crippen LogP contribution in [-0.2, 0) is 11.3 Å². The minimum absolute atomic E-state index is 0.0972. The van der Waals surface area contributed by atoms with Gasteiger partial charge in [-0.25, -0.2) is 4.39 Å². The number of hydrogen-bond donors (Lipinski definition) is 3. The van der Waals surface area contributed by atoms with Gasteiger partial charge in [-0.3, -0.25) is 14.3 Å². The molecule has 0 unspecified atom stereocenters. The third-order valence-electron chi connectivity index (χ3n) is 6.27. The van der Waals surface area contributed by atoms with Gasteiger partial charge >= 0.3 is 0 Å². The van der Waals surface area contributed by atoms with E-state index in [-0.39, 0.29) is 23.5 Å². The van der Waals surface area contributed by atoms with Gasteiger partial charge in [-0.15, -0.1) is 0 Å². The fourth-order valence-corrected chi connectivity index (χ4v) is 4.43. The van der Waals surface area contributed by atoms with Crippen LogP contribution in [0.1, 0.15) is 56.1 Å². The van der Waals surface area contributed by atoms with E-state index in [4.69, 9.17) is 0 Å². The molecule has 4 rings (SSSR count). The first-order chi connectivity index (χ1) is 16.1. The molecule has 1 fully saturated rings. The van der Waals surface area contributed by atoms with Gasteiger partial charge in [0, 0.05) is 11.4 Å². The molecule has 3 atom stereocenters. The van der Waals surface area contributed by atoms with Crippen LogP contribution in [0.25, 0.3) is 10.9 Å². The van der Waals surface area contributed by atoms with Crippen LogP contribution >= 0.6 is 0 Å². The predicted octanol–water partition coefficient (Wildman–Crippen LogP) is 3.40. The highest BCUT2D eigenvalue weighted by Crippen LogP contribution is 2.24. The van der Waals surface area contributed by atoms with Crippen molar-refractivity contribution in [1.29, 1.82) is 0 Å². The van der Waals surface area contributed by atoms with E-state index in [0.717, 1.165) is 17.5 Å². The lowest BCUT2D eigenvalue weighted by Gasteiger charge is -2.31. The van der Waals surface area contributed by atoms with Crippen LogP contribution < -0.4 is 10.6 Å². The molecule has 0 bridgehead atoms. The first-order valence-electron chi connectivity index (χ1n) is 11.6. The van der Waals surface area contributed by atoms with E-state index < -0.39 is 23.5 Å². The summed E-state index contributed by atoms with van der Waals surface area (Å²) in [4.78, 5) is 26.5. The summed E-state index contributed by atoms with van der Waals surface area (Å²) in [5, 5.41) is 20.9. The average molecular weight is 467 g/mol. The summed E-state index contributed by atoms with van der Waals surface area (Å²) in [6, 6.07) is 12.7. The molecule has 0 spiro atoms. The third kappa shape index (κ3) is 5.28. The van der Waals surface area contributed by atoms with Crippen molar-refractivity contribution < 1.29 is 19.1 Å². The number of rotatable bonds is 6. The molecule has 1 saturated carbocycles. The predicted molar refractivity (Wildman–Crippen MR) is 128 cm³/mol. The second-order valence-corrected chi connectivity index (χ2v) is 10.1. The quantitative estimate of drug-likeness (QED) is 0.519. The zero-order valence-corrected chi connectivity index (χ0v) is 19.7. The fourth-order valence-electron chi connectivity index (χ4n) is 4.43. The molecule has 0 saturated heterocycles. The highest BCUT2D eigenvalue weighted by atomic mass is 19.1. The number of halogens is 1. The Morgan fingerprint density at radius 3 is 2.50 bits per heavy atom. The van der Waals surface area contributed by atoms with Crippen molar-refractivity contribution in [3.63, 3.8) is 0 Å². The normalized spacial score (nSPS) is 19.2. The van der Waals surface area contributed by atoms with Crippen LogP contribution in [0.15, 0.2) is 48.5 Å². The minimum atomic E-state index is -0.779. The number of carbonyl (C=O) groups excluding carboxylic acids is 2. The fraction of sp³-hybridized carbons (Fsp3) is 0.423. The number of para-hydroxylation sites is 1. The van der Waals surface area contributed by atoms with E-state index in [2.05, 4.69) is 15.7 Å². The van der Waals surface area contributed by atoms with E-state index in [1.807, 2.05) is 45.0 Å². The van der Waals surface area contributed by atoms with Gasteiger partial charge in [-0.05, 0) is 48.4 Å². The third-order valence-corrected chi connectivity index (χ3v) is 6.27. The number of aliphatic hydroxyl groups excluding tert-OH is 1. The number of carbonyl (C=O) groups is 2. The van der Waals surface area contributed by atoms with Crippen molar-refractivity contribution in [3.8, 4) is 0 Å². The summed E-state index contributed by atoms with van der Waals surface area (Å²) in [6.07, 6.45) is 1.50. The Kier molecular flexibility index (Phi) is 6.70. The molecule has 1 heterocycles. The summed E-state index contributed by atoms with van der Waals surface area (Å²) >= 11 is 0. The summed E-state index contributed by atoms with van der Waals surface area (Å²) in [6.45, 7) is 6.06. The molecule has 2 amide bonds. The van der Waals surface area contributed by atoms with Crippen LogP contribution in [-0.4, -0.2) is 44.9 Å². The summed E-state index contributed by atoms with van der Waals surface area (Å²) < 4.78 is 15.0. The second-order valence-electron chi connectivity index (χ2n) is 10.1. The Hall–Kier alpha value is -3.26. The monoisotopic (exact) mass is 466 g/mol. The van der Waals surface area contributed by atoms with Crippen LogP contribution in [0.2, 0.25) is 0 Å². The highest BCUT2D eigenvalue weighted by molar-refractivity contribution is 6.06. The van der Waals surface area contributed by atoms with Gasteiger partial charge in [0.1, 0.15) is 11.9 Å². The van der Waals surface area contributed by atoms with Gasteiger partial charge in [-0.2, -0.15) is 5.10 Å². The van der Waals surface area contributed by atoms with Crippen molar-refractivity contribution in [2.45, 2.75) is 64.8 Å².